The van der Waals surface area contributed by atoms with Gasteiger partial charge in [-0.15, -0.1) is 0 Å². The Bertz CT molecular complexity index is 885. The molecule has 2 heterocycles. The van der Waals surface area contributed by atoms with Crippen LogP contribution in [-0.2, 0) is 11.3 Å². The molecule has 4 atom stereocenters. The first-order valence-corrected chi connectivity index (χ1v) is 11.0. The van der Waals surface area contributed by atoms with Gasteiger partial charge in [0.25, 0.3) is 0 Å². The highest BCUT2D eigenvalue weighted by atomic mass is 16.6. The van der Waals surface area contributed by atoms with Crippen molar-refractivity contribution in [3.8, 4) is 6.07 Å². The average Bonchev–Trinajstić information content (AvgIpc) is 3.09. The quantitative estimate of drug-likeness (QED) is 0.713. The normalized spacial score (nSPS) is 24.3. The second-order valence-electron chi connectivity index (χ2n) is 8.48. The van der Waals surface area contributed by atoms with Crippen LogP contribution in [0.4, 0.5) is 4.79 Å². The highest BCUT2D eigenvalue weighted by Crippen LogP contribution is 2.40. The van der Waals surface area contributed by atoms with E-state index in [4.69, 9.17) is 4.74 Å². The molecule has 0 spiro atoms. The average molecular weight is 420 g/mol. The summed E-state index contributed by atoms with van der Waals surface area (Å²) in [5.41, 5.74) is 1.94. The summed E-state index contributed by atoms with van der Waals surface area (Å²) in [4.78, 5) is 14.7. The lowest BCUT2D eigenvalue weighted by molar-refractivity contribution is 0.0489. The van der Waals surface area contributed by atoms with E-state index in [2.05, 4.69) is 11.4 Å². The molecular weight excluding hydrogens is 390 g/mol. The first kappa shape index (κ1) is 21.4. The minimum Gasteiger partial charge on any atom is -0.445 e. The summed E-state index contributed by atoms with van der Waals surface area (Å²) < 4.78 is 5.58. The van der Waals surface area contributed by atoms with Crippen LogP contribution >= 0.6 is 0 Å². The van der Waals surface area contributed by atoms with Gasteiger partial charge < -0.3 is 14.7 Å². The van der Waals surface area contributed by atoms with Crippen LogP contribution in [0.5, 0.6) is 0 Å². The molecule has 162 valence electrons. The van der Waals surface area contributed by atoms with E-state index >= 15 is 0 Å². The third-order valence-electron chi connectivity index (χ3n) is 6.56. The number of fused-ring (bicyclic) bond motifs is 2. The number of rotatable bonds is 7. The number of nitriles is 1. The zero-order valence-electron chi connectivity index (χ0n) is 17.6. The number of nitrogens with one attached hydrogen (secondary N) is 1. The fourth-order valence-electron chi connectivity index (χ4n) is 5.02. The number of ether oxygens (including phenoxy) is 1. The smallest absolute Gasteiger partial charge is 0.410 e. The Hall–Kier alpha value is -2.88. The monoisotopic (exact) mass is 419 g/mol. The third kappa shape index (κ3) is 4.90. The molecule has 2 unspecified atom stereocenters. The van der Waals surface area contributed by atoms with Gasteiger partial charge in [0.1, 0.15) is 6.61 Å². The van der Waals surface area contributed by atoms with Crippen LogP contribution in [0.3, 0.4) is 0 Å². The molecule has 0 aliphatic carbocycles. The molecule has 2 aromatic carbocycles. The van der Waals surface area contributed by atoms with Crippen molar-refractivity contribution >= 4 is 6.09 Å². The van der Waals surface area contributed by atoms with E-state index in [0.29, 0.717) is 0 Å². The predicted octanol–water partition coefficient (Wildman–Crippen LogP) is 3.78. The van der Waals surface area contributed by atoms with Crippen molar-refractivity contribution in [1.29, 1.82) is 5.26 Å². The first-order chi connectivity index (χ1) is 15.2. The highest BCUT2D eigenvalue weighted by molar-refractivity contribution is 5.69. The summed E-state index contributed by atoms with van der Waals surface area (Å²) in [6.45, 7) is 0.205. The SMILES string of the molecule is N#C[C@@H](N[C@@H](CO)c1ccccc1)C1CC2CCC(C1)N2C(=O)OCc1ccccc1. The number of benzene rings is 2. The largest absolute Gasteiger partial charge is 0.445 e. The molecule has 4 rings (SSSR count). The number of carbonyl (C=O) groups excluding carboxylic acids is 1. The zero-order chi connectivity index (χ0) is 21.6. The number of piperidine rings is 1. The number of hydrogen-bond acceptors (Lipinski definition) is 5. The van der Waals surface area contributed by atoms with Crippen molar-refractivity contribution < 1.29 is 14.6 Å². The van der Waals surface area contributed by atoms with E-state index in [-0.39, 0.29) is 49.4 Å². The second kappa shape index (κ2) is 9.95. The minimum absolute atomic E-state index is 0.0697. The third-order valence-corrected chi connectivity index (χ3v) is 6.56. The molecule has 1 amide bonds. The van der Waals surface area contributed by atoms with Crippen LogP contribution < -0.4 is 5.32 Å². The maximum atomic E-state index is 12.8. The molecule has 2 aliphatic heterocycles. The van der Waals surface area contributed by atoms with Gasteiger partial charge in [0.2, 0.25) is 0 Å². The lowest BCUT2D eigenvalue weighted by Crippen LogP contribution is -2.51. The van der Waals surface area contributed by atoms with Crippen LogP contribution in [0.15, 0.2) is 60.7 Å². The molecule has 2 fully saturated rings. The summed E-state index contributed by atoms with van der Waals surface area (Å²) in [7, 11) is 0. The Balaban J connectivity index is 1.37. The van der Waals surface area contributed by atoms with Gasteiger partial charge in [-0.2, -0.15) is 5.26 Å². The zero-order valence-corrected chi connectivity index (χ0v) is 17.6. The Labute approximate surface area is 183 Å². The van der Waals surface area contributed by atoms with Crippen LogP contribution in [0.1, 0.15) is 42.9 Å². The summed E-state index contributed by atoms with van der Waals surface area (Å²) in [6, 6.07) is 21.4. The number of amides is 1. The molecule has 0 saturated carbocycles. The fourth-order valence-corrected chi connectivity index (χ4v) is 5.02. The first-order valence-electron chi connectivity index (χ1n) is 11.0. The number of aliphatic hydroxyl groups excluding tert-OH is 1. The number of aliphatic hydroxyl groups is 1. The van der Waals surface area contributed by atoms with Gasteiger partial charge in [-0.05, 0) is 42.7 Å². The van der Waals surface area contributed by atoms with Gasteiger partial charge in [-0.25, -0.2) is 4.79 Å². The lowest BCUT2D eigenvalue weighted by atomic mass is 9.85. The molecule has 2 saturated heterocycles. The highest BCUT2D eigenvalue weighted by Gasteiger charge is 2.46. The Morgan fingerprint density at radius 3 is 2.29 bits per heavy atom. The van der Waals surface area contributed by atoms with E-state index < -0.39 is 0 Å². The standard InChI is InChI=1S/C25H29N3O3/c26-15-23(27-24(16-29)19-9-5-2-6-10-19)20-13-21-11-12-22(14-20)28(21)25(30)31-17-18-7-3-1-4-8-18/h1-10,20-24,27,29H,11-14,16-17H2/t20?,21?,22?,23-,24+/m1/s1. The van der Waals surface area contributed by atoms with Gasteiger partial charge in [0.15, 0.2) is 0 Å². The van der Waals surface area contributed by atoms with E-state index in [1.165, 1.54) is 0 Å². The van der Waals surface area contributed by atoms with Crippen molar-refractivity contribution in [1.82, 2.24) is 10.2 Å². The molecule has 2 aliphatic rings. The predicted molar refractivity (Wildman–Crippen MR) is 117 cm³/mol. The second-order valence-corrected chi connectivity index (χ2v) is 8.48. The Morgan fingerprint density at radius 2 is 1.71 bits per heavy atom. The van der Waals surface area contributed by atoms with Gasteiger partial charge in [0.05, 0.1) is 24.8 Å². The molecule has 6 heteroatoms. The molecule has 0 radical (unpaired) electrons. The summed E-state index contributed by atoms with van der Waals surface area (Å²) in [5, 5.41) is 23.1. The van der Waals surface area contributed by atoms with E-state index in [1.807, 2.05) is 65.6 Å². The molecule has 31 heavy (non-hydrogen) atoms. The summed E-state index contributed by atoms with van der Waals surface area (Å²) in [5.74, 6) is 0.137. The molecule has 2 N–H and O–H groups in total. The maximum Gasteiger partial charge on any atom is 0.410 e. The van der Waals surface area contributed by atoms with Crippen LogP contribution in [-0.4, -0.2) is 40.8 Å². The Kier molecular flexibility index (Phi) is 6.86. The molecular formula is C25H29N3O3. The van der Waals surface area contributed by atoms with Crippen LogP contribution in [0, 0.1) is 17.2 Å². The molecule has 6 nitrogen and oxygen atoms in total. The van der Waals surface area contributed by atoms with Gasteiger partial charge >= 0.3 is 6.09 Å². The molecule has 2 bridgehead atoms. The lowest BCUT2D eigenvalue weighted by Gasteiger charge is -2.40. The summed E-state index contributed by atoms with van der Waals surface area (Å²) >= 11 is 0. The van der Waals surface area contributed by atoms with Crippen molar-refractivity contribution in [2.75, 3.05) is 6.61 Å². The Morgan fingerprint density at radius 1 is 1.10 bits per heavy atom. The van der Waals surface area contributed by atoms with Crippen LogP contribution in [0.2, 0.25) is 0 Å². The fraction of sp³-hybridized carbons (Fsp3) is 0.440. The maximum absolute atomic E-state index is 12.8. The van der Waals surface area contributed by atoms with E-state index in [1.54, 1.807) is 0 Å². The van der Waals surface area contributed by atoms with Crippen LogP contribution in [0.25, 0.3) is 0 Å². The van der Waals surface area contributed by atoms with Gasteiger partial charge in [-0.1, -0.05) is 60.7 Å². The minimum atomic E-state index is -0.372. The molecule has 2 aromatic rings. The van der Waals surface area contributed by atoms with Crippen molar-refractivity contribution in [2.24, 2.45) is 5.92 Å². The number of nitrogens with zero attached hydrogens (tertiary/aromatic N) is 2. The molecule has 0 aromatic heterocycles. The van der Waals surface area contributed by atoms with E-state index in [9.17, 15) is 15.2 Å². The van der Waals surface area contributed by atoms with Gasteiger partial charge in [0, 0.05) is 12.1 Å². The van der Waals surface area contributed by atoms with E-state index in [0.717, 1.165) is 36.8 Å². The number of carbonyl (C=O) groups is 1. The van der Waals surface area contributed by atoms with Crippen molar-refractivity contribution in [3.05, 3.63) is 71.8 Å². The summed E-state index contributed by atoms with van der Waals surface area (Å²) in [6.07, 6.45) is 3.18. The van der Waals surface area contributed by atoms with Crippen molar-refractivity contribution in [2.45, 2.75) is 56.5 Å². The van der Waals surface area contributed by atoms with Crippen molar-refractivity contribution in [3.63, 3.8) is 0 Å². The number of hydrogen-bond donors (Lipinski definition) is 2. The van der Waals surface area contributed by atoms with Gasteiger partial charge in [-0.3, -0.25) is 5.32 Å². The topological polar surface area (TPSA) is 85.6 Å².